The first-order valence-electron chi connectivity index (χ1n) is 7.84. The number of carbonyl (C=O) groups is 1. The Morgan fingerprint density at radius 1 is 1.33 bits per heavy atom. The molecule has 3 rings (SSSR count). The van der Waals surface area contributed by atoms with E-state index in [1.165, 1.54) is 19.3 Å². The van der Waals surface area contributed by atoms with E-state index in [2.05, 4.69) is 26.1 Å². The van der Waals surface area contributed by atoms with Crippen molar-refractivity contribution < 1.29 is 9.90 Å². The molecule has 114 valence electrons. The fourth-order valence-electron chi connectivity index (χ4n) is 4.78. The van der Waals surface area contributed by atoms with Crippen LogP contribution in [0.3, 0.4) is 0 Å². The topological polar surface area (TPSA) is 49.3 Å². The molecule has 2 bridgehead atoms. The molecule has 3 heteroatoms. The van der Waals surface area contributed by atoms with Crippen LogP contribution in [0.2, 0.25) is 0 Å². The highest BCUT2D eigenvalue weighted by Gasteiger charge is 2.59. The van der Waals surface area contributed by atoms with Crippen molar-refractivity contribution in [3.63, 3.8) is 0 Å². The summed E-state index contributed by atoms with van der Waals surface area (Å²) in [5, 5.41) is 13.0. The van der Waals surface area contributed by atoms with Crippen LogP contribution in [0.5, 0.6) is 0 Å². The van der Waals surface area contributed by atoms with Gasteiger partial charge in [0.15, 0.2) is 0 Å². The van der Waals surface area contributed by atoms with Crippen LogP contribution in [0.25, 0.3) is 0 Å². The molecule has 3 nitrogen and oxygen atoms in total. The van der Waals surface area contributed by atoms with E-state index >= 15 is 0 Å². The highest BCUT2D eigenvalue weighted by Crippen LogP contribution is 2.63. The molecular formula is C18H25NO2. The molecule has 2 aliphatic carbocycles. The summed E-state index contributed by atoms with van der Waals surface area (Å²) < 4.78 is 0. The van der Waals surface area contributed by atoms with Crippen LogP contribution in [0.4, 0.5) is 5.69 Å². The van der Waals surface area contributed by atoms with Gasteiger partial charge in [0, 0.05) is 11.7 Å². The SMILES string of the molecule is Cc1ccc(NC2C3(C)CCC(C3)C2(C)C)c(C(=O)O)c1. The van der Waals surface area contributed by atoms with Gasteiger partial charge in [-0.3, -0.25) is 0 Å². The number of benzene rings is 1. The third-order valence-corrected chi connectivity index (χ3v) is 5.98. The summed E-state index contributed by atoms with van der Waals surface area (Å²) in [5.74, 6) is -0.106. The molecule has 0 spiro atoms. The van der Waals surface area contributed by atoms with Crippen molar-refractivity contribution >= 4 is 11.7 Å². The zero-order valence-corrected chi connectivity index (χ0v) is 13.4. The molecule has 2 aliphatic rings. The second-order valence-corrected chi connectivity index (χ2v) is 7.85. The molecule has 2 saturated carbocycles. The van der Waals surface area contributed by atoms with Gasteiger partial charge in [0.25, 0.3) is 0 Å². The minimum atomic E-state index is -0.854. The Morgan fingerprint density at radius 3 is 2.62 bits per heavy atom. The molecule has 3 unspecified atom stereocenters. The molecule has 0 amide bonds. The number of aryl methyl sites for hydroxylation is 1. The Hall–Kier alpha value is -1.51. The normalized spacial score (nSPS) is 33.1. The zero-order valence-electron chi connectivity index (χ0n) is 13.4. The van der Waals surface area contributed by atoms with E-state index in [1.807, 2.05) is 19.1 Å². The number of carboxylic acid groups (broad SMARTS) is 1. The van der Waals surface area contributed by atoms with Gasteiger partial charge in [-0.1, -0.05) is 32.4 Å². The van der Waals surface area contributed by atoms with Crippen molar-refractivity contribution in [3.8, 4) is 0 Å². The van der Waals surface area contributed by atoms with E-state index in [1.54, 1.807) is 6.07 Å². The van der Waals surface area contributed by atoms with Crippen LogP contribution in [-0.2, 0) is 0 Å². The summed E-state index contributed by atoms with van der Waals surface area (Å²) in [6.07, 6.45) is 3.81. The van der Waals surface area contributed by atoms with Gasteiger partial charge < -0.3 is 10.4 Å². The molecule has 1 aromatic carbocycles. The van der Waals surface area contributed by atoms with E-state index < -0.39 is 5.97 Å². The quantitative estimate of drug-likeness (QED) is 0.870. The van der Waals surface area contributed by atoms with Gasteiger partial charge in [-0.05, 0) is 55.1 Å². The number of fused-ring (bicyclic) bond motifs is 2. The average Bonchev–Trinajstić information content (AvgIpc) is 2.87. The average molecular weight is 287 g/mol. The number of hydrogen-bond acceptors (Lipinski definition) is 2. The van der Waals surface area contributed by atoms with E-state index in [0.29, 0.717) is 11.6 Å². The lowest BCUT2D eigenvalue weighted by molar-refractivity contribution is 0.0697. The summed E-state index contributed by atoms with van der Waals surface area (Å²) in [4.78, 5) is 11.5. The van der Waals surface area contributed by atoms with Crippen LogP contribution in [-0.4, -0.2) is 17.1 Å². The first-order valence-corrected chi connectivity index (χ1v) is 7.84. The summed E-state index contributed by atoms with van der Waals surface area (Å²) in [6.45, 7) is 8.94. The van der Waals surface area contributed by atoms with Gasteiger partial charge in [-0.25, -0.2) is 4.79 Å². The van der Waals surface area contributed by atoms with Gasteiger partial charge in [0.05, 0.1) is 5.56 Å². The predicted molar refractivity (Wildman–Crippen MR) is 84.8 cm³/mol. The third-order valence-electron chi connectivity index (χ3n) is 5.98. The molecule has 0 radical (unpaired) electrons. The molecular weight excluding hydrogens is 262 g/mol. The van der Waals surface area contributed by atoms with Crippen molar-refractivity contribution in [2.24, 2.45) is 16.7 Å². The summed E-state index contributed by atoms with van der Waals surface area (Å²) in [7, 11) is 0. The van der Waals surface area contributed by atoms with Crippen molar-refractivity contribution in [2.45, 2.75) is 53.0 Å². The van der Waals surface area contributed by atoms with Gasteiger partial charge in [0.1, 0.15) is 0 Å². The molecule has 0 aromatic heterocycles. The van der Waals surface area contributed by atoms with Crippen LogP contribution in [0.15, 0.2) is 18.2 Å². The lowest BCUT2D eigenvalue weighted by Crippen LogP contribution is -2.46. The van der Waals surface area contributed by atoms with Gasteiger partial charge in [0.2, 0.25) is 0 Å². The van der Waals surface area contributed by atoms with E-state index in [4.69, 9.17) is 0 Å². The first kappa shape index (κ1) is 14.4. The van der Waals surface area contributed by atoms with Crippen LogP contribution < -0.4 is 5.32 Å². The number of anilines is 1. The number of hydrogen-bond donors (Lipinski definition) is 2. The van der Waals surface area contributed by atoms with Crippen molar-refractivity contribution in [1.29, 1.82) is 0 Å². The molecule has 21 heavy (non-hydrogen) atoms. The number of nitrogens with one attached hydrogen (secondary N) is 1. The van der Waals surface area contributed by atoms with Crippen LogP contribution >= 0.6 is 0 Å². The monoisotopic (exact) mass is 287 g/mol. The summed E-state index contributed by atoms with van der Waals surface area (Å²) >= 11 is 0. The third kappa shape index (κ3) is 2.14. The van der Waals surface area contributed by atoms with E-state index in [9.17, 15) is 9.90 Å². The van der Waals surface area contributed by atoms with Crippen molar-refractivity contribution in [1.82, 2.24) is 0 Å². The zero-order chi connectivity index (χ0) is 15.4. The lowest BCUT2D eigenvalue weighted by atomic mass is 9.68. The maximum Gasteiger partial charge on any atom is 0.337 e. The highest BCUT2D eigenvalue weighted by molar-refractivity contribution is 5.94. The predicted octanol–water partition coefficient (Wildman–Crippen LogP) is 4.32. The minimum Gasteiger partial charge on any atom is -0.478 e. The largest absolute Gasteiger partial charge is 0.478 e. The fraction of sp³-hybridized carbons (Fsp3) is 0.611. The Bertz CT molecular complexity index is 588. The maximum atomic E-state index is 11.5. The highest BCUT2D eigenvalue weighted by atomic mass is 16.4. The van der Waals surface area contributed by atoms with E-state index in [0.717, 1.165) is 17.2 Å². The molecule has 0 aliphatic heterocycles. The molecule has 2 N–H and O–H groups in total. The molecule has 1 aromatic rings. The second-order valence-electron chi connectivity index (χ2n) is 7.85. The van der Waals surface area contributed by atoms with Crippen molar-refractivity contribution in [3.05, 3.63) is 29.3 Å². The van der Waals surface area contributed by atoms with Crippen LogP contribution in [0.1, 0.15) is 56.0 Å². The summed E-state index contributed by atoms with van der Waals surface area (Å²) in [6, 6.07) is 6.00. The number of rotatable bonds is 3. The Balaban J connectivity index is 1.96. The van der Waals surface area contributed by atoms with Gasteiger partial charge in [-0.2, -0.15) is 0 Å². The first-order chi connectivity index (χ1) is 9.74. The van der Waals surface area contributed by atoms with E-state index in [-0.39, 0.29) is 10.8 Å². The second kappa shape index (κ2) is 4.49. The Morgan fingerprint density at radius 2 is 2.05 bits per heavy atom. The van der Waals surface area contributed by atoms with Crippen molar-refractivity contribution in [2.75, 3.05) is 5.32 Å². The number of aromatic carboxylic acids is 1. The molecule has 3 atom stereocenters. The Labute approximate surface area is 126 Å². The Kier molecular flexibility index (Phi) is 3.09. The van der Waals surface area contributed by atoms with Gasteiger partial charge >= 0.3 is 5.97 Å². The maximum absolute atomic E-state index is 11.5. The smallest absolute Gasteiger partial charge is 0.337 e. The number of carboxylic acids is 1. The van der Waals surface area contributed by atoms with Crippen LogP contribution in [0, 0.1) is 23.7 Å². The lowest BCUT2D eigenvalue weighted by Gasteiger charge is -2.43. The summed E-state index contributed by atoms with van der Waals surface area (Å²) in [5.41, 5.74) is 2.64. The molecule has 0 saturated heterocycles. The van der Waals surface area contributed by atoms with Gasteiger partial charge in [-0.15, -0.1) is 0 Å². The fourth-order valence-corrected chi connectivity index (χ4v) is 4.78. The molecule has 2 fully saturated rings. The standard InChI is InChI=1S/C18H25NO2/c1-11-5-6-14(13(9-11)15(20)21)19-16-17(2,3)12-7-8-18(16,4)10-12/h5-6,9,12,16,19H,7-8,10H2,1-4H3,(H,20,21). The minimum absolute atomic E-state index is 0.216. The molecule has 0 heterocycles.